The molecule has 1 atom stereocenters. The van der Waals surface area contributed by atoms with Crippen molar-refractivity contribution >= 4 is 29.1 Å². The first-order chi connectivity index (χ1) is 13.5. The molecule has 148 valence electrons. The normalized spacial score (nSPS) is 16.4. The van der Waals surface area contributed by atoms with Gasteiger partial charge in [-0.05, 0) is 25.0 Å². The predicted octanol–water partition coefficient (Wildman–Crippen LogP) is 3.85. The second-order valence-corrected chi connectivity index (χ2v) is 7.07. The first-order valence-corrected chi connectivity index (χ1v) is 9.47. The Morgan fingerprint density at radius 1 is 1.11 bits per heavy atom. The van der Waals surface area contributed by atoms with Crippen LogP contribution in [0.5, 0.6) is 11.5 Å². The molecule has 1 fully saturated rings. The molecule has 1 N–H and O–H groups in total. The monoisotopic (exact) mass is 402 g/mol. The number of halogens is 1. The van der Waals surface area contributed by atoms with E-state index in [1.165, 1.54) is 0 Å². The molecular formula is C21H23ClN2O4. The van der Waals surface area contributed by atoms with Gasteiger partial charge in [0, 0.05) is 37.0 Å². The molecule has 28 heavy (non-hydrogen) atoms. The molecule has 1 aliphatic heterocycles. The van der Waals surface area contributed by atoms with E-state index in [4.69, 9.17) is 21.1 Å². The largest absolute Gasteiger partial charge is 0.497 e. The van der Waals surface area contributed by atoms with Crippen LogP contribution in [0.15, 0.2) is 42.5 Å². The third-order valence-electron chi connectivity index (χ3n) is 4.80. The molecule has 6 nitrogen and oxygen atoms in total. The van der Waals surface area contributed by atoms with Crippen molar-refractivity contribution in [3.05, 3.63) is 53.1 Å². The summed E-state index contributed by atoms with van der Waals surface area (Å²) in [6.07, 6.45) is 1.48. The molecule has 2 aromatic carbocycles. The highest BCUT2D eigenvalue weighted by molar-refractivity contribution is 6.33. The van der Waals surface area contributed by atoms with Crippen LogP contribution in [0.1, 0.15) is 23.2 Å². The van der Waals surface area contributed by atoms with Gasteiger partial charge in [0.15, 0.2) is 0 Å². The lowest BCUT2D eigenvalue weighted by Crippen LogP contribution is -2.43. The number of anilines is 1. The number of piperidine rings is 1. The molecule has 3 rings (SSSR count). The van der Waals surface area contributed by atoms with Crippen molar-refractivity contribution in [1.82, 2.24) is 4.90 Å². The second kappa shape index (κ2) is 8.97. The lowest BCUT2D eigenvalue weighted by atomic mass is 9.96. The van der Waals surface area contributed by atoms with Gasteiger partial charge in [0.05, 0.1) is 30.7 Å². The van der Waals surface area contributed by atoms with E-state index in [1.807, 2.05) is 0 Å². The van der Waals surface area contributed by atoms with Gasteiger partial charge in [-0.3, -0.25) is 9.59 Å². The highest BCUT2D eigenvalue weighted by Crippen LogP contribution is 2.27. The van der Waals surface area contributed by atoms with Crippen molar-refractivity contribution in [3.63, 3.8) is 0 Å². The number of rotatable bonds is 5. The quantitative estimate of drug-likeness (QED) is 0.824. The summed E-state index contributed by atoms with van der Waals surface area (Å²) < 4.78 is 10.5. The Kier molecular flexibility index (Phi) is 6.41. The first-order valence-electron chi connectivity index (χ1n) is 9.09. The van der Waals surface area contributed by atoms with Crippen LogP contribution in [-0.2, 0) is 4.79 Å². The molecule has 0 aromatic heterocycles. The number of likely N-dealkylation sites (tertiary alicyclic amines) is 1. The van der Waals surface area contributed by atoms with Crippen LogP contribution < -0.4 is 14.8 Å². The van der Waals surface area contributed by atoms with Gasteiger partial charge in [-0.25, -0.2) is 0 Å². The fourth-order valence-electron chi connectivity index (χ4n) is 3.30. The molecule has 2 amide bonds. The number of carbonyl (C=O) groups is 2. The van der Waals surface area contributed by atoms with Crippen molar-refractivity contribution in [3.8, 4) is 11.5 Å². The average Bonchev–Trinajstić information content (AvgIpc) is 2.73. The molecule has 0 radical (unpaired) electrons. The lowest BCUT2D eigenvalue weighted by Gasteiger charge is -2.32. The van der Waals surface area contributed by atoms with Gasteiger partial charge < -0.3 is 19.7 Å². The van der Waals surface area contributed by atoms with Crippen LogP contribution in [0.2, 0.25) is 5.02 Å². The minimum Gasteiger partial charge on any atom is -0.497 e. The summed E-state index contributed by atoms with van der Waals surface area (Å²) in [5.74, 6) is 0.609. The molecule has 0 aliphatic carbocycles. The number of ether oxygens (including phenoxy) is 2. The summed E-state index contributed by atoms with van der Waals surface area (Å²) in [5.41, 5.74) is 1.05. The molecule has 0 spiro atoms. The van der Waals surface area contributed by atoms with Crippen molar-refractivity contribution in [2.75, 3.05) is 32.6 Å². The SMILES string of the molecule is COc1cc(NC(=O)[C@H]2CCCN(C(=O)c3ccccc3Cl)C2)cc(OC)c1. The Labute approximate surface area is 169 Å². The molecule has 0 unspecified atom stereocenters. The summed E-state index contributed by atoms with van der Waals surface area (Å²) in [6, 6.07) is 12.2. The van der Waals surface area contributed by atoms with Gasteiger partial charge >= 0.3 is 0 Å². The Bertz CT molecular complexity index is 849. The molecule has 0 bridgehead atoms. The number of hydrogen-bond donors (Lipinski definition) is 1. The zero-order valence-corrected chi connectivity index (χ0v) is 16.7. The van der Waals surface area contributed by atoms with Crippen molar-refractivity contribution in [2.24, 2.45) is 5.92 Å². The van der Waals surface area contributed by atoms with Gasteiger partial charge in [0.1, 0.15) is 11.5 Å². The van der Waals surface area contributed by atoms with Crippen molar-refractivity contribution in [1.29, 1.82) is 0 Å². The maximum Gasteiger partial charge on any atom is 0.255 e. The highest BCUT2D eigenvalue weighted by Gasteiger charge is 2.29. The number of nitrogens with one attached hydrogen (secondary N) is 1. The Hall–Kier alpha value is -2.73. The molecule has 1 saturated heterocycles. The average molecular weight is 403 g/mol. The third-order valence-corrected chi connectivity index (χ3v) is 5.13. The fraction of sp³-hybridized carbons (Fsp3) is 0.333. The summed E-state index contributed by atoms with van der Waals surface area (Å²) >= 11 is 6.15. The van der Waals surface area contributed by atoms with Crippen LogP contribution in [0.25, 0.3) is 0 Å². The molecule has 2 aromatic rings. The fourth-order valence-corrected chi connectivity index (χ4v) is 3.52. The number of hydrogen-bond acceptors (Lipinski definition) is 4. The maximum atomic E-state index is 12.8. The van der Waals surface area contributed by atoms with E-state index in [9.17, 15) is 9.59 Å². The zero-order chi connectivity index (χ0) is 20.1. The maximum absolute atomic E-state index is 12.8. The number of amides is 2. The number of nitrogens with zero attached hydrogens (tertiary/aromatic N) is 1. The highest BCUT2D eigenvalue weighted by atomic mass is 35.5. The second-order valence-electron chi connectivity index (χ2n) is 6.66. The van der Waals surface area contributed by atoms with E-state index >= 15 is 0 Å². The lowest BCUT2D eigenvalue weighted by molar-refractivity contribution is -0.121. The van der Waals surface area contributed by atoms with Crippen molar-refractivity contribution < 1.29 is 19.1 Å². The van der Waals surface area contributed by atoms with E-state index in [-0.39, 0.29) is 17.7 Å². The van der Waals surface area contributed by atoms with Gasteiger partial charge in [-0.2, -0.15) is 0 Å². The molecule has 7 heteroatoms. The summed E-state index contributed by atoms with van der Waals surface area (Å²) in [7, 11) is 3.11. The van der Waals surface area contributed by atoms with Crippen molar-refractivity contribution in [2.45, 2.75) is 12.8 Å². The predicted molar refractivity (Wildman–Crippen MR) is 108 cm³/mol. The van der Waals surface area contributed by atoms with E-state index in [2.05, 4.69) is 5.32 Å². The summed E-state index contributed by atoms with van der Waals surface area (Å²) in [4.78, 5) is 27.3. The first kappa shape index (κ1) is 20.0. The summed E-state index contributed by atoms with van der Waals surface area (Å²) in [5, 5.41) is 3.33. The minimum absolute atomic E-state index is 0.132. The third kappa shape index (κ3) is 4.57. The molecule has 1 heterocycles. The van der Waals surface area contributed by atoms with Crippen LogP contribution in [-0.4, -0.2) is 44.0 Å². The Morgan fingerprint density at radius 2 is 1.79 bits per heavy atom. The Morgan fingerprint density at radius 3 is 2.43 bits per heavy atom. The van der Waals surface area contributed by atoms with Crippen LogP contribution >= 0.6 is 11.6 Å². The topological polar surface area (TPSA) is 67.9 Å². The number of benzene rings is 2. The van der Waals surface area contributed by atoms with E-state index in [0.29, 0.717) is 40.9 Å². The van der Waals surface area contributed by atoms with E-state index < -0.39 is 0 Å². The molecule has 1 aliphatic rings. The Balaban J connectivity index is 1.69. The number of carbonyl (C=O) groups excluding carboxylic acids is 2. The summed E-state index contributed by atoms with van der Waals surface area (Å²) in [6.45, 7) is 0.970. The van der Waals surface area contributed by atoms with Crippen LogP contribution in [0, 0.1) is 5.92 Å². The van der Waals surface area contributed by atoms with E-state index in [0.717, 1.165) is 12.8 Å². The smallest absolute Gasteiger partial charge is 0.255 e. The van der Waals surface area contributed by atoms with E-state index in [1.54, 1.807) is 61.6 Å². The van der Waals surface area contributed by atoms with Gasteiger partial charge in [0.25, 0.3) is 5.91 Å². The number of methoxy groups -OCH3 is 2. The van der Waals surface area contributed by atoms with Gasteiger partial charge in [-0.1, -0.05) is 23.7 Å². The van der Waals surface area contributed by atoms with Crippen LogP contribution in [0.3, 0.4) is 0 Å². The van der Waals surface area contributed by atoms with Gasteiger partial charge in [0.2, 0.25) is 5.91 Å². The minimum atomic E-state index is -0.294. The van der Waals surface area contributed by atoms with Gasteiger partial charge in [-0.15, -0.1) is 0 Å². The molecule has 0 saturated carbocycles. The molecular weight excluding hydrogens is 380 g/mol. The zero-order valence-electron chi connectivity index (χ0n) is 15.9. The standard InChI is InChI=1S/C21H23ClN2O4/c1-27-16-10-15(11-17(12-16)28-2)23-20(25)14-6-5-9-24(13-14)21(26)18-7-3-4-8-19(18)22/h3-4,7-8,10-12,14H,5-6,9,13H2,1-2H3,(H,23,25)/t14-/m0/s1. The van der Waals surface area contributed by atoms with Crippen LogP contribution in [0.4, 0.5) is 5.69 Å².